The molecule has 0 fully saturated rings. The molecule has 0 aliphatic rings. The lowest BCUT2D eigenvalue weighted by atomic mass is 10.2. The smallest absolute Gasteiger partial charge is 0.316 e. The van der Waals surface area contributed by atoms with Gasteiger partial charge in [-0.15, -0.1) is 0 Å². The molecule has 8 heteroatoms. The minimum atomic E-state index is -0.947. The third kappa shape index (κ3) is 7.12. The molecule has 1 atom stereocenters. The lowest BCUT2D eigenvalue weighted by Gasteiger charge is -2.13. The van der Waals surface area contributed by atoms with E-state index in [1.807, 2.05) is 0 Å². The van der Waals surface area contributed by atoms with E-state index < -0.39 is 17.9 Å². The zero-order chi connectivity index (χ0) is 13.4. The maximum absolute atomic E-state index is 11.3. The summed E-state index contributed by atoms with van der Waals surface area (Å²) in [7, 11) is 3.22. The van der Waals surface area contributed by atoms with Crippen LogP contribution in [0.1, 0.15) is 6.42 Å². The van der Waals surface area contributed by atoms with Crippen LogP contribution in [0.15, 0.2) is 0 Å². The average Bonchev–Trinajstić information content (AvgIpc) is 2.22. The van der Waals surface area contributed by atoms with Gasteiger partial charge in [0.1, 0.15) is 0 Å². The highest BCUT2D eigenvalue weighted by molar-refractivity contribution is 5.87. The average molecular weight is 245 g/mol. The Kier molecular flexibility index (Phi) is 6.64. The van der Waals surface area contributed by atoms with Crippen molar-refractivity contribution in [3.63, 3.8) is 0 Å². The Labute approximate surface area is 99.7 Å². The first-order chi connectivity index (χ1) is 7.84. The second kappa shape index (κ2) is 7.44. The summed E-state index contributed by atoms with van der Waals surface area (Å²) in [4.78, 5) is 34.3. The monoisotopic (exact) mass is 245 g/mol. The van der Waals surface area contributed by atoms with E-state index in [2.05, 4.69) is 10.6 Å². The van der Waals surface area contributed by atoms with Gasteiger partial charge in [0.05, 0.1) is 12.5 Å². The van der Waals surface area contributed by atoms with Gasteiger partial charge in [0.2, 0.25) is 11.8 Å². The molecule has 0 aliphatic heterocycles. The summed E-state index contributed by atoms with van der Waals surface area (Å²) in [6.07, 6.45) is -0.199. The van der Waals surface area contributed by atoms with Crippen LogP contribution >= 0.6 is 0 Å². The Morgan fingerprint density at radius 3 is 2.18 bits per heavy atom. The van der Waals surface area contributed by atoms with Crippen LogP contribution in [0.2, 0.25) is 0 Å². The minimum absolute atomic E-state index is 0.199. The van der Waals surface area contributed by atoms with E-state index in [1.165, 1.54) is 4.90 Å². The van der Waals surface area contributed by atoms with E-state index in [0.717, 1.165) is 0 Å². The summed E-state index contributed by atoms with van der Waals surface area (Å²) < 4.78 is 0. The number of carbonyl (C=O) groups excluding carboxylic acids is 3. The summed E-state index contributed by atoms with van der Waals surface area (Å²) in [6.45, 7) is 0.525. The van der Waals surface area contributed by atoms with Gasteiger partial charge in [0, 0.05) is 27.2 Å². The predicted molar refractivity (Wildman–Crippen MR) is 61.9 cm³/mol. The SMILES string of the molecule is CN(C)C(=O)NCCNC(=O)C(N)CC(N)=O. The van der Waals surface area contributed by atoms with Gasteiger partial charge in [-0.25, -0.2) is 4.79 Å². The van der Waals surface area contributed by atoms with E-state index in [-0.39, 0.29) is 25.5 Å². The zero-order valence-corrected chi connectivity index (χ0v) is 10.0. The second-order valence-electron chi connectivity index (χ2n) is 3.69. The number of primary amides is 1. The number of nitrogens with zero attached hydrogens (tertiary/aromatic N) is 1. The topological polar surface area (TPSA) is 131 Å². The van der Waals surface area contributed by atoms with Crippen LogP contribution in [0, 0.1) is 0 Å². The maximum atomic E-state index is 11.3. The number of nitrogens with two attached hydrogens (primary N) is 2. The van der Waals surface area contributed by atoms with Crippen molar-refractivity contribution < 1.29 is 14.4 Å². The highest BCUT2D eigenvalue weighted by atomic mass is 16.2. The predicted octanol–water partition coefficient (Wildman–Crippen LogP) is -2.42. The van der Waals surface area contributed by atoms with Gasteiger partial charge in [-0.3, -0.25) is 9.59 Å². The van der Waals surface area contributed by atoms with Gasteiger partial charge in [0.25, 0.3) is 0 Å². The molecule has 8 nitrogen and oxygen atoms in total. The molecule has 98 valence electrons. The summed E-state index contributed by atoms with van der Waals surface area (Å²) in [5.74, 6) is -1.10. The summed E-state index contributed by atoms with van der Waals surface area (Å²) in [5.41, 5.74) is 10.3. The van der Waals surface area contributed by atoms with Crippen molar-refractivity contribution in [2.75, 3.05) is 27.2 Å². The quantitative estimate of drug-likeness (QED) is 0.388. The number of rotatable bonds is 6. The molecule has 1 unspecified atom stereocenters. The van der Waals surface area contributed by atoms with Crippen molar-refractivity contribution >= 4 is 17.8 Å². The molecule has 17 heavy (non-hydrogen) atoms. The molecule has 0 aliphatic carbocycles. The van der Waals surface area contributed by atoms with E-state index in [4.69, 9.17) is 11.5 Å². The first-order valence-electron chi connectivity index (χ1n) is 5.11. The van der Waals surface area contributed by atoms with Gasteiger partial charge >= 0.3 is 6.03 Å². The van der Waals surface area contributed by atoms with Crippen LogP contribution < -0.4 is 22.1 Å². The molecule has 4 amide bonds. The molecule has 0 saturated carbocycles. The highest BCUT2D eigenvalue weighted by Gasteiger charge is 2.15. The standard InChI is InChI=1S/C9H19N5O3/c1-14(2)9(17)13-4-3-12-8(16)6(10)5-7(11)15/h6H,3-5,10H2,1-2H3,(H2,11,15)(H,12,16)(H,13,17). The molecular weight excluding hydrogens is 226 g/mol. The number of nitrogens with one attached hydrogen (secondary N) is 2. The fraction of sp³-hybridized carbons (Fsp3) is 0.667. The molecule has 0 aromatic heterocycles. The van der Waals surface area contributed by atoms with Crippen molar-refractivity contribution in [3.8, 4) is 0 Å². The van der Waals surface area contributed by atoms with Crippen molar-refractivity contribution in [2.45, 2.75) is 12.5 Å². The molecule has 0 heterocycles. The van der Waals surface area contributed by atoms with Crippen LogP contribution in [-0.4, -0.2) is 56.0 Å². The van der Waals surface area contributed by atoms with Crippen molar-refractivity contribution in [1.82, 2.24) is 15.5 Å². The van der Waals surface area contributed by atoms with Crippen LogP contribution in [0.4, 0.5) is 4.79 Å². The fourth-order valence-corrected chi connectivity index (χ4v) is 0.954. The Balaban J connectivity index is 3.71. The second-order valence-corrected chi connectivity index (χ2v) is 3.69. The van der Waals surface area contributed by atoms with E-state index in [9.17, 15) is 14.4 Å². The van der Waals surface area contributed by atoms with E-state index >= 15 is 0 Å². The fourth-order valence-electron chi connectivity index (χ4n) is 0.954. The van der Waals surface area contributed by atoms with Gasteiger partial charge < -0.3 is 27.0 Å². The molecule has 6 N–H and O–H groups in total. The van der Waals surface area contributed by atoms with E-state index in [1.54, 1.807) is 14.1 Å². The third-order valence-electron chi connectivity index (χ3n) is 1.86. The lowest BCUT2D eigenvalue weighted by Crippen LogP contribution is -2.46. The Morgan fingerprint density at radius 2 is 1.71 bits per heavy atom. The zero-order valence-electron chi connectivity index (χ0n) is 10.0. The maximum Gasteiger partial charge on any atom is 0.316 e. The van der Waals surface area contributed by atoms with Crippen LogP contribution in [0.3, 0.4) is 0 Å². The van der Waals surface area contributed by atoms with Gasteiger partial charge in [0.15, 0.2) is 0 Å². The molecule has 0 aromatic rings. The number of urea groups is 1. The largest absolute Gasteiger partial charge is 0.370 e. The molecule has 0 aromatic carbocycles. The minimum Gasteiger partial charge on any atom is -0.370 e. The summed E-state index contributed by atoms with van der Waals surface area (Å²) >= 11 is 0. The molecular formula is C9H19N5O3. The number of amides is 4. The van der Waals surface area contributed by atoms with E-state index in [0.29, 0.717) is 0 Å². The number of hydrogen-bond donors (Lipinski definition) is 4. The Hall–Kier alpha value is -1.83. The summed E-state index contributed by atoms with van der Waals surface area (Å²) in [6, 6.07) is -1.20. The normalized spacial score (nSPS) is 11.5. The van der Waals surface area contributed by atoms with Crippen molar-refractivity contribution in [2.24, 2.45) is 11.5 Å². The Morgan fingerprint density at radius 1 is 1.18 bits per heavy atom. The molecule has 0 spiro atoms. The van der Waals surface area contributed by atoms with Gasteiger partial charge in [-0.1, -0.05) is 0 Å². The summed E-state index contributed by atoms with van der Waals surface area (Å²) in [5, 5.41) is 5.03. The number of carbonyl (C=O) groups is 3. The highest BCUT2D eigenvalue weighted by Crippen LogP contribution is 1.86. The third-order valence-corrected chi connectivity index (χ3v) is 1.86. The van der Waals surface area contributed by atoms with Crippen LogP contribution in [-0.2, 0) is 9.59 Å². The molecule has 0 rings (SSSR count). The first kappa shape index (κ1) is 15.2. The van der Waals surface area contributed by atoms with Crippen LogP contribution in [0.25, 0.3) is 0 Å². The van der Waals surface area contributed by atoms with Gasteiger partial charge in [-0.05, 0) is 0 Å². The lowest BCUT2D eigenvalue weighted by molar-refractivity contribution is -0.126. The van der Waals surface area contributed by atoms with Crippen molar-refractivity contribution in [1.29, 1.82) is 0 Å². The molecule has 0 saturated heterocycles. The first-order valence-corrected chi connectivity index (χ1v) is 5.11. The molecule has 0 radical (unpaired) electrons. The number of hydrogen-bond acceptors (Lipinski definition) is 4. The van der Waals surface area contributed by atoms with Crippen molar-refractivity contribution in [3.05, 3.63) is 0 Å². The molecule has 0 bridgehead atoms. The Bertz CT molecular complexity index is 292. The van der Waals surface area contributed by atoms with Crippen LogP contribution in [0.5, 0.6) is 0 Å². The van der Waals surface area contributed by atoms with Gasteiger partial charge in [-0.2, -0.15) is 0 Å².